The number of esters is 1. The second-order valence-corrected chi connectivity index (χ2v) is 16.3. The molecule has 0 spiro atoms. The number of carbonyl (C=O) groups is 3. The van der Waals surface area contributed by atoms with Gasteiger partial charge in [-0.25, -0.2) is 10.2 Å². The number of ether oxygens (including phenoxy) is 3. The molecular weight excluding hydrogens is 770 g/mol. The molecule has 3 atom stereocenters. The van der Waals surface area contributed by atoms with Crippen molar-refractivity contribution in [2.45, 2.75) is 111 Å². The molecule has 0 radical (unpaired) electrons. The van der Waals surface area contributed by atoms with E-state index in [2.05, 4.69) is 22.3 Å². The van der Waals surface area contributed by atoms with Gasteiger partial charge in [0, 0.05) is 60.6 Å². The molecule has 13 nitrogen and oxygen atoms in total. The van der Waals surface area contributed by atoms with E-state index in [9.17, 15) is 32.7 Å². The fourth-order valence-electron chi connectivity index (χ4n) is 6.97. The highest BCUT2D eigenvalue weighted by Crippen LogP contribution is 2.41. The standard InChI is InChI=1S/C43H57F3N6O7/c1-11-29(36(47-12-2)26(3)57-9)37-31(23-42(7,8)25-53)30-21-27(18-19-35(30)51(37)24-43(44,45)46)32-16-13-15-28(48-32)22-34(49-40(56)59-41(4,5)6)38(54)52-20-14-17-33(50-52)39(55)58-10/h11-13,15-16,18-19,21,26,33-34,50,53H,1,14,17,20,22-25H2,2-10H3,(H,49,56)/b36-29+,47-12?/t26-,33?,34-/m0/s1. The summed E-state index contributed by atoms with van der Waals surface area (Å²) in [6.45, 7) is 14.9. The number of fused-ring (bicyclic) bond motifs is 1. The number of carbonyl (C=O) groups excluding carboxylic acids is 3. The zero-order valence-corrected chi connectivity index (χ0v) is 35.3. The summed E-state index contributed by atoms with van der Waals surface area (Å²) in [5.41, 5.74) is 4.62. The second-order valence-electron chi connectivity index (χ2n) is 16.3. The van der Waals surface area contributed by atoms with Crippen molar-refractivity contribution in [1.82, 2.24) is 25.3 Å². The first kappa shape index (κ1) is 46.6. The summed E-state index contributed by atoms with van der Waals surface area (Å²) in [4.78, 5) is 48.7. The summed E-state index contributed by atoms with van der Waals surface area (Å²) in [5.74, 6) is -1.04. The molecule has 322 valence electrons. The number of nitrogens with zero attached hydrogens (tertiary/aromatic N) is 4. The molecule has 4 rings (SSSR count). The van der Waals surface area contributed by atoms with Crippen LogP contribution in [0.4, 0.5) is 18.0 Å². The van der Waals surface area contributed by atoms with Crippen LogP contribution in [0.3, 0.4) is 0 Å². The largest absolute Gasteiger partial charge is 0.468 e. The Morgan fingerprint density at radius 3 is 2.44 bits per heavy atom. The van der Waals surface area contributed by atoms with Gasteiger partial charge in [-0.1, -0.05) is 38.6 Å². The number of alkyl carbamates (subject to hydrolysis) is 1. The van der Waals surface area contributed by atoms with Crippen molar-refractivity contribution in [3.63, 3.8) is 0 Å². The maximum Gasteiger partial charge on any atom is 0.408 e. The summed E-state index contributed by atoms with van der Waals surface area (Å²) in [6, 6.07) is 8.33. The summed E-state index contributed by atoms with van der Waals surface area (Å²) >= 11 is 0. The number of pyridine rings is 1. The number of aromatic nitrogens is 2. The highest BCUT2D eigenvalue weighted by atomic mass is 19.4. The molecule has 0 aliphatic carbocycles. The van der Waals surface area contributed by atoms with Crippen LogP contribution in [0, 0.1) is 5.41 Å². The number of alkyl halides is 3. The van der Waals surface area contributed by atoms with Crippen LogP contribution in [0.25, 0.3) is 27.7 Å². The highest BCUT2D eigenvalue weighted by Gasteiger charge is 2.36. The molecule has 3 aromatic rings. The number of aliphatic hydroxyl groups excluding tert-OH is 1. The Morgan fingerprint density at radius 2 is 1.85 bits per heavy atom. The SMILES string of the molecule is C=C/C(=C(\N=CC)[C@H](C)OC)c1c(CC(C)(C)CO)c2cc(-c3cccc(C[C@H](NC(=O)OC(C)(C)C)C(=O)N4CCCC(C(=O)OC)N4)n3)ccc2n1CC(F)(F)F. The maximum atomic E-state index is 14.5. The number of halogens is 3. The number of aliphatic imine (C=N–C) groups is 1. The van der Waals surface area contributed by atoms with Gasteiger partial charge in [0.05, 0.1) is 30.3 Å². The van der Waals surface area contributed by atoms with E-state index in [1.54, 1.807) is 77.2 Å². The first-order chi connectivity index (χ1) is 27.6. The van der Waals surface area contributed by atoms with Crippen LogP contribution in [0.15, 0.2) is 59.7 Å². The second kappa shape index (κ2) is 19.3. The monoisotopic (exact) mass is 826 g/mol. The maximum absolute atomic E-state index is 14.5. The topological polar surface area (TPSA) is 157 Å². The Labute approximate surface area is 343 Å². The van der Waals surface area contributed by atoms with E-state index in [0.29, 0.717) is 57.5 Å². The van der Waals surface area contributed by atoms with Crippen molar-refractivity contribution in [3.8, 4) is 11.3 Å². The molecule has 59 heavy (non-hydrogen) atoms. The molecule has 1 aromatic carbocycles. The van der Waals surface area contributed by atoms with Crippen molar-refractivity contribution in [1.29, 1.82) is 0 Å². The van der Waals surface area contributed by atoms with E-state index >= 15 is 0 Å². The molecule has 1 unspecified atom stereocenters. The lowest BCUT2D eigenvalue weighted by Crippen LogP contribution is -2.60. The predicted molar refractivity (Wildman–Crippen MR) is 220 cm³/mol. The number of hydrazine groups is 1. The Bertz CT molecular complexity index is 2070. The Hall–Kier alpha value is -5.06. The molecule has 3 heterocycles. The van der Waals surface area contributed by atoms with E-state index in [-0.39, 0.29) is 31.7 Å². The molecule has 1 fully saturated rings. The molecule has 1 aliphatic heterocycles. The van der Waals surface area contributed by atoms with Crippen LogP contribution in [-0.4, -0.2) is 101 Å². The van der Waals surface area contributed by atoms with Crippen LogP contribution >= 0.6 is 0 Å². The van der Waals surface area contributed by atoms with Gasteiger partial charge in [-0.15, -0.1) is 0 Å². The summed E-state index contributed by atoms with van der Waals surface area (Å²) in [6.07, 6.45) is -1.89. The number of benzene rings is 1. The Balaban J connectivity index is 1.89. The van der Waals surface area contributed by atoms with Gasteiger partial charge in [0.15, 0.2) is 0 Å². The smallest absolute Gasteiger partial charge is 0.408 e. The van der Waals surface area contributed by atoms with Crippen LogP contribution in [-0.2, 0) is 43.2 Å². The summed E-state index contributed by atoms with van der Waals surface area (Å²) in [5, 5.41) is 14.9. The number of rotatable bonds is 15. The van der Waals surface area contributed by atoms with Crippen LogP contribution in [0.2, 0.25) is 0 Å². The number of aliphatic hydroxyl groups is 1. The third-order valence-electron chi connectivity index (χ3n) is 9.77. The first-order valence-corrected chi connectivity index (χ1v) is 19.5. The van der Waals surface area contributed by atoms with Gasteiger partial charge in [0.1, 0.15) is 24.2 Å². The van der Waals surface area contributed by atoms with Crippen molar-refractivity contribution in [2.24, 2.45) is 10.4 Å². The lowest BCUT2D eigenvalue weighted by atomic mass is 9.84. The number of hydrogen-bond donors (Lipinski definition) is 3. The van der Waals surface area contributed by atoms with Gasteiger partial charge in [-0.3, -0.25) is 24.6 Å². The average Bonchev–Trinajstić information content (AvgIpc) is 3.45. The molecule has 2 aromatic heterocycles. The molecule has 3 N–H and O–H groups in total. The average molecular weight is 827 g/mol. The van der Waals surface area contributed by atoms with E-state index in [1.165, 1.54) is 29.9 Å². The lowest BCUT2D eigenvalue weighted by molar-refractivity contribution is -0.150. The quantitative estimate of drug-likeness (QED) is 0.0838. The molecule has 16 heteroatoms. The van der Waals surface area contributed by atoms with E-state index in [4.69, 9.17) is 19.2 Å². The number of nitrogens with one attached hydrogen (secondary N) is 2. The number of hydrogen-bond acceptors (Lipinski definition) is 10. The van der Waals surface area contributed by atoms with Gasteiger partial charge in [-0.05, 0) is 89.1 Å². The van der Waals surface area contributed by atoms with Crippen molar-refractivity contribution in [2.75, 3.05) is 27.4 Å². The third kappa shape index (κ3) is 12.0. The zero-order valence-electron chi connectivity index (χ0n) is 35.3. The van der Waals surface area contributed by atoms with Crippen molar-refractivity contribution in [3.05, 3.63) is 71.7 Å². The molecule has 1 saturated heterocycles. The molecule has 1 aliphatic rings. The Kier molecular flexibility index (Phi) is 15.3. The molecular formula is C43H57F3N6O7. The number of amides is 2. The van der Waals surface area contributed by atoms with Crippen LogP contribution < -0.4 is 10.7 Å². The normalized spacial score (nSPS) is 16.8. The first-order valence-electron chi connectivity index (χ1n) is 19.5. The minimum atomic E-state index is -4.60. The fraction of sp³-hybridized carbons (Fsp3) is 0.512. The minimum Gasteiger partial charge on any atom is -0.468 e. The van der Waals surface area contributed by atoms with E-state index < -0.39 is 59.9 Å². The molecule has 0 saturated carbocycles. The van der Waals surface area contributed by atoms with Crippen LogP contribution in [0.1, 0.15) is 78.3 Å². The van der Waals surface area contributed by atoms with Gasteiger partial charge < -0.3 is 29.2 Å². The lowest BCUT2D eigenvalue weighted by Gasteiger charge is -2.35. The van der Waals surface area contributed by atoms with E-state index in [0.717, 1.165) is 0 Å². The summed E-state index contributed by atoms with van der Waals surface area (Å²) in [7, 11) is 2.75. The molecule has 0 bridgehead atoms. The fourth-order valence-corrected chi connectivity index (χ4v) is 6.97. The van der Waals surface area contributed by atoms with Gasteiger partial charge in [0.25, 0.3) is 5.91 Å². The van der Waals surface area contributed by atoms with Gasteiger partial charge >= 0.3 is 18.2 Å². The molecule has 2 amide bonds. The Morgan fingerprint density at radius 1 is 1.14 bits per heavy atom. The minimum absolute atomic E-state index is 0.0663. The predicted octanol–water partition coefficient (Wildman–Crippen LogP) is 6.95. The van der Waals surface area contributed by atoms with Crippen molar-refractivity contribution < 1.29 is 46.9 Å². The summed E-state index contributed by atoms with van der Waals surface area (Å²) < 4.78 is 60.5. The van der Waals surface area contributed by atoms with Crippen LogP contribution in [0.5, 0.6) is 0 Å². The van der Waals surface area contributed by atoms with Gasteiger partial charge in [-0.2, -0.15) is 13.2 Å². The number of methoxy groups -OCH3 is 2. The highest BCUT2D eigenvalue weighted by molar-refractivity contribution is 5.95. The van der Waals surface area contributed by atoms with Gasteiger partial charge in [0.2, 0.25) is 0 Å². The third-order valence-corrected chi connectivity index (χ3v) is 9.77. The van der Waals surface area contributed by atoms with E-state index in [1.807, 2.05) is 13.8 Å². The van der Waals surface area contributed by atoms with Crippen molar-refractivity contribution >= 4 is 40.7 Å². The zero-order chi connectivity index (χ0) is 43.9. The number of allylic oxidation sites excluding steroid dienone is 2.